The highest BCUT2D eigenvalue weighted by Crippen LogP contribution is 2.52. The van der Waals surface area contributed by atoms with Gasteiger partial charge in [0.1, 0.15) is 24.2 Å². The van der Waals surface area contributed by atoms with Crippen LogP contribution in [0.15, 0.2) is 48.8 Å². The van der Waals surface area contributed by atoms with Gasteiger partial charge in [-0.2, -0.15) is 5.09 Å². The van der Waals surface area contributed by atoms with Crippen LogP contribution in [0.4, 0.5) is 14.6 Å². The SMILES string of the molecule is CNc1nc(C)nc2c1ncn2[C@@H]1O[C@](F)(COP(=O)(N[C@@H](C)C(=O)OCC(C)(C)C)Oc2cccc3ccccc23)[C@@H](O)[C@@]1(C)F. The van der Waals surface area contributed by atoms with Gasteiger partial charge in [0.15, 0.2) is 35.0 Å². The molecule has 1 aliphatic rings. The van der Waals surface area contributed by atoms with Crippen molar-refractivity contribution in [2.75, 3.05) is 25.6 Å². The fraction of sp³-hybridized carbons (Fsp3) is 0.484. The zero-order chi connectivity index (χ0) is 34.4. The summed E-state index contributed by atoms with van der Waals surface area (Å²) in [5, 5.41) is 17.6. The van der Waals surface area contributed by atoms with Crippen molar-refractivity contribution in [1.29, 1.82) is 0 Å². The van der Waals surface area contributed by atoms with Crippen molar-refractivity contribution < 1.29 is 41.8 Å². The van der Waals surface area contributed by atoms with Crippen molar-refractivity contribution in [1.82, 2.24) is 24.6 Å². The zero-order valence-electron chi connectivity index (χ0n) is 27.2. The minimum absolute atomic E-state index is 0.0699. The number of aliphatic hydroxyl groups excluding tert-OH is 1. The lowest BCUT2D eigenvalue weighted by atomic mass is 9.97. The number of halogens is 2. The molecule has 16 heteroatoms. The van der Waals surface area contributed by atoms with Gasteiger partial charge in [-0.05, 0) is 37.6 Å². The van der Waals surface area contributed by atoms with Gasteiger partial charge >= 0.3 is 13.7 Å². The Morgan fingerprint density at radius 1 is 1.19 bits per heavy atom. The van der Waals surface area contributed by atoms with Crippen LogP contribution in [0, 0.1) is 12.3 Å². The third kappa shape index (κ3) is 7.09. The number of alkyl halides is 2. The molecule has 1 unspecified atom stereocenters. The van der Waals surface area contributed by atoms with Crippen LogP contribution in [-0.4, -0.2) is 74.5 Å². The Hall–Kier alpha value is -3.75. The van der Waals surface area contributed by atoms with Crippen LogP contribution < -0.4 is 14.9 Å². The van der Waals surface area contributed by atoms with Crippen LogP contribution in [0.3, 0.4) is 0 Å². The summed E-state index contributed by atoms with van der Waals surface area (Å²) in [6.45, 7) is 8.37. The average Bonchev–Trinajstić information content (AvgIpc) is 3.50. The average molecular weight is 677 g/mol. The molecule has 4 aromatic rings. The van der Waals surface area contributed by atoms with Gasteiger partial charge in [0.2, 0.25) is 0 Å². The maximum atomic E-state index is 16.5. The summed E-state index contributed by atoms with van der Waals surface area (Å²) in [5.74, 6) is -3.23. The van der Waals surface area contributed by atoms with E-state index >= 15 is 8.78 Å². The van der Waals surface area contributed by atoms with Crippen LogP contribution in [0.5, 0.6) is 5.75 Å². The molecule has 5 rings (SSSR count). The number of hydrogen-bond acceptors (Lipinski definition) is 11. The zero-order valence-corrected chi connectivity index (χ0v) is 28.0. The van der Waals surface area contributed by atoms with Gasteiger partial charge in [-0.3, -0.25) is 13.9 Å². The molecule has 254 valence electrons. The first-order valence-electron chi connectivity index (χ1n) is 15.0. The van der Waals surface area contributed by atoms with Gasteiger partial charge in [-0.15, -0.1) is 0 Å². The highest BCUT2D eigenvalue weighted by molar-refractivity contribution is 7.52. The van der Waals surface area contributed by atoms with Gasteiger partial charge in [-0.1, -0.05) is 57.2 Å². The molecular weight excluding hydrogens is 637 g/mol. The smallest absolute Gasteiger partial charge is 0.459 e. The molecule has 1 fully saturated rings. The number of anilines is 1. The quantitative estimate of drug-likeness (QED) is 0.138. The number of esters is 1. The van der Waals surface area contributed by atoms with Crippen molar-refractivity contribution in [2.24, 2.45) is 5.41 Å². The highest BCUT2D eigenvalue weighted by Gasteiger charge is 2.65. The predicted octanol–water partition coefficient (Wildman–Crippen LogP) is 5.38. The molecule has 1 saturated heterocycles. The summed E-state index contributed by atoms with van der Waals surface area (Å²) in [4.78, 5) is 25.6. The number of nitrogens with one attached hydrogen (secondary N) is 2. The lowest BCUT2D eigenvalue weighted by Crippen LogP contribution is -2.47. The summed E-state index contributed by atoms with van der Waals surface area (Å²) in [6, 6.07) is 10.8. The first kappa shape index (κ1) is 34.6. The Labute approximate surface area is 270 Å². The highest BCUT2D eigenvalue weighted by atomic mass is 31.2. The van der Waals surface area contributed by atoms with Crippen LogP contribution in [-0.2, 0) is 23.4 Å². The molecule has 3 N–H and O–H groups in total. The lowest BCUT2D eigenvalue weighted by Gasteiger charge is -2.28. The molecular formula is C31H39F2N6O7P. The first-order chi connectivity index (χ1) is 22.0. The maximum Gasteiger partial charge on any atom is 0.459 e. The Kier molecular flexibility index (Phi) is 9.34. The summed E-state index contributed by atoms with van der Waals surface area (Å²) < 4.78 is 70.4. The standard InChI is InChI=1S/C31H39F2N6O7P/c1-18(26(40)43-15-29(3,4)5)38-47(42,46-22-14-10-12-20-11-8-9-13-21(20)22)44-16-31(33)27(41)30(6,32)28(45-31)39-17-35-23-24(34-7)36-19(2)37-25(23)39/h8-14,17-18,27-28,41H,15-16H2,1-7H3,(H,38,42)(H,34,36,37)/t18-,27-,28+,30+,31+,47?/m0/s1. The third-order valence-electron chi connectivity index (χ3n) is 7.51. The van der Waals surface area contributed by atoms with E-state index in [1.165, 1.54) is 19.3 Å². The number of benzene rings is 2. The van der Waals surface area contributed by atoms with E-state index < -0.39 is 50.2 Å². The number of carbonyl (C=O) groups is 1. The van der Waals surface area contributed by atoms with Gasteiger partial charge in [0, 0.05) is 12.4 Å². The maximum absolute atomic E-state index is 16.5. The molecule has 2 aromatic carbocycles. The molecule has 13 nitrogen and oxygen atoms in total. The number of nitrogens with zero attached hydrogens (tertiary/aromatic N) is 4. The topological polar surface area (TPSA) is 159 Å². The van der Waals surface area contributed by atoms with Crippen molar-refractivity contribution in [3.05, 3.63) is 54.6 Å². The number of aryl methyl sites for hydroxylation is 1. The van der Waals surface area contributed by atoms with E-state index in [4.69, 9.17) is 18.5 Å². The molecule has 0 bridgehead atoms. The van der Waals surface area contributed by atoms with Crippen LogP contribution in [0.1, 0.15) is 46.7 Å². The van der Waals surface area contributed by atoms with E-state index in [1.54, 1.807) is 50.4 Å². The van der Waals surface area contributed by atoms with E-state index in [0.717, 1.165) is 16.9 Å². The molecule has 6 atom stereocenters. The van der Waals surface area contributed by atoms with E-state index in [-0.39, 0.29) is 28.9 Å². The number of ether oxygens (including phenoxy) is 2. The van der Waals surface area contributed by atoms with E-state index in [2.05, 4.69) is 25.4 Å². The van der Waals surface area contributed by atoms with E-state index in [1.807, 2.05) is 20.8 Å². The molecule has 0 amide bonds. The number of aliphatic hydroxyl groups is 1. The second-order valence-electron chi connectivity index (χ2n) is 12.9. The Morgan fingerprint density at radius 3 is 2.60 bits per heavy atom. The number of rotatable bonds is 11. The molecule has 0 saturated carbocycles. The molecule has 47 heavy (non-hydrogen) atoms. The van der Waals surface area contributed by atoms with E-state index in [0.29, 0.717) is 17.0 Å². The van der Waals surface area contributed by atoms with Gasteiger partial charge < -0.3 is 24.4 Å². The Morgan fingerprint density at radius 2 is 1.89 bits per heavy atom. The fourth-order valence-electron chi connectivity index (χ4n) is 5.10. The fourth-order valence-corrected chi connectivity index (χ4v) is 6.63. The number of hydrogen-bond donors (Lipinski definition) is 3. The Bertz CT molecular complexity index is 1830. The molecule has 0 aliphatic carbocycles. The lowest BCUT2D eigenvalue weighted by molar-refractivity contribution is -0.202. The molecule has 3 heterocycles. The van der Waals surface area contributed by atoms with Crippen LogP contribution in [0.2, 0.25) is 0 Å². The summed E-state index contributed by atoms with van der Waals surface area (Å²) in [7, 11) is -3.05. The number of fused-ring (bicyclic) bond motifs is 2. The second kappa shape index (κ2) is 12.7. The third-order valence-corrected chi connectivity index (χ3v) is 9.12. The minimum Gasteiger partial charge on any atom is -0.464 e. The summed E-state index contributed by atoms with van der Waals surface area (Å²) >= 11 is 0. The monoisotopic (exact) mass is 676 g/mol. The molecule has 0 radical (unpaired) electrons. The molecule has 0 spiro atoms. The van der Waals surface area contributed by atoms with Gasteiger partial charge in [0.25, 0.3) is 5.85 Å². The van der Waals surface area contributed by atoms with Crippen molar-refractivity contribution >= 4 is 41.5 Å². The summed E-state index contributed by atoms with van der Waals surface area (Å²) in [5.41, 5.74) is -2.70. The molecule has 2 aromatic heterocycles. The van der Waals surface area contributed by atoms with Crippen molar-refractivity contribution in [3.8, 4) is 5.75 Å². The predicted molar refractivity (Wildman–Crippen MR) is 170 cm³/mol. The second-order valence-corrected chi connectivity index (χ2v) is 14.6. The van der Waals surface area contributed by atoms with Crippen molar-refractivity contribution in [3.63, 3.8) is 0 Å². The van der Waals surface area contributed by atoms with Crippen molar-refractivity contribution in [2.45, 2.75) is 71.4 Å². The first-order valence-corrected chi connectivity index (χ1v) is 16.5. The van der Waals surface area contributed by atoms with Gasteiger partial charge in [-0.25, -0.2) is 28.3 Å². The molecule has 1 aliphatic heterocycles. The van der Waals surface area contributed by atoms with Gasteiger partial charge in [0.05, 0.1) is 12.9 Å². The summed E-state index contributed by atoms with van der Waals surface area (Å²) in [6.07, 6.45) is -3.00. The van der Waals surface area contributed by atoms with E-state index in [9.17, 15) is 14.5 Å². The Balaban J connectivity index is 1.44. The largest absolute Gasteiger partial charge is 0.464 e. The van der Waals surface area contributed by atoms with Crippen LogP contribution >= 0.6 is 7.75 Å². The van der Waals surface area contributed by atoms with Crippen LogP contribution in [0.25, 0.3) is 21.9 Å². The number of carbonyl (C=O) groups excluding carboxylic acids is 1. The minimum atomic E-state index is -4.67. The number of imidazole rings is 1. The number of aromatic nitrogens is 4. The normalized spacial score (nSPS) is 25.1.